The molecule has 6 heteroatoms. The fourth-order valence-corrected chi connectivity index (χ4v) is 11.9. The van der Waals surface area contributed by atoms with Gasteiger partial charge in [0.25, 0.3) is 0 Å². The van der Waals surface area contributed by atoms with E-state index in [4.69, 9.17) is 4.43 Å². The van der Waals surface area contributed by atoms with Gasteiger partial charge in [-0.3, -0.25) is 0 Å². The number of benzene rings is 2. The summed E-state index contributed by atoms with van der Waals surface area (Å²) in [7, 11) is 0.0630. The Morgan fingerprint density at radius 2 is 1.48 bits per heavy atom. The molecule has 2 atom stereocenters. The first-order chi connectivity index (χ1) is 15.4. The van der Waals surface area contributed by atoms with Gasteiger partial charge in [-0.25, -0.2) is 4.21 Å². The topological polar surface area (TPSA) is 53.3 Å². The molecular weight excluding hydrogens is 444 g/mol. The zero-order valence-electron chi connectivity index (χ0n) is 21.7. The maximum absolute atomic E-state index is 13.7. The van der Waals surface area contributed by atoms with Gasteiger partial charge < -0.3 is 9.33 Å². The van der Waals surface area contributed by atoms with Gasteiger partial charge in [-0.05, 0) is 55.8 Å². The summed E-state index contributed by atoms with van der Waals surface area (Å²) in [5.74, 6) is 0. The normalized spacial score (nSPS) is 15.2. The molecule has 0 unspecified atom stereocenters. The molecule has 0 saturated carbocycles. The Morgan fingerprint density at radius 1 is 0.970 bits per heavy atom. The molecule has 0 radical (unpaired) electrons. The van der Waals surface area contributed by atoms with Gasteiger partial charge in [0.1, 0.15) is 6.07 Å². The molecule has 0 N–H and O–H groups in total. The Labute approximate surface area is 204 Å². The average Bonchev–Trinajstić information content (AvgIpc) is 2.75. The lowest BCUT2D eigenvalue weighted by molar-refractivity contribution is 0.0700. The molecule has 0 amide bonds. The monoisotopic (exact) mass is 484 g/mol. The maximum Gasteiger partial charge on any atom is 0.203 e. The summed E-state index contributed by atoms with van der Waals surface area (Å²) >= 11 is 0. The van der Waals surface area contributed by atoms with E-state index < -0.39 is 24.7 Å². The molecule has 2 aromatic carbocycles. The highest BCUT2D eigenvalue weighted by Gasteiger charge is 2.52. The van der Waals surface area contributed by atoms with E-state index in [1.165, 1.54) is 0 Å². The number of hydrogen-bond acceptors (Lipinski definition) is 4. The molecule has 180 valence electrons. The summed E-state index contributed by atoms with van der Waals surface area (Å²) in [5, 5.41) is 10.7. The van der Waals surface area contributed by atoms with Crippen LogP contribution >= 0.6 is 0 Å². The molecule has 0 aliphatic carbocycles. The summed E-state index contributed by atoms with van der Waals surface area (Å²) in [6.07, 6.45) is 0. The van der Waals surface area contributed by atoms with E-state index in [1.54, 1.807) is 0 Å². The first kappa shape index (κ1) is 27.5. The third-order valence-electron chi connectivity index (χ3n) is 6.53. The molecule has 0 bridgehead atoms. The summed E-state index contributed by atoms with van der Waals surface area (Å²) in [6.45, 7) is 15.7. The Balaban J connectivity index is 2.77. The quantitative estimate of drug-likeness (QED) is 0.355. The van der Waals surface area contributed by atoms with Gasteiger partial charge in [0.15, 0.2) is 5.60 Å². The van der Waals surface area contributed by atoms with Crippen molar-refractivity contribution >= 4 is 19.1 Å². The van der Waals surface area contributed by atoms with Gasteiger partial charge >= 0.3 is 0 Å². The minimum Gasteiger partial charge on any atom is -0.394 e. The van der Waals surface area contributed by atoms with E-state index in [9.17, 15) is 9.47 Å². The van der Waals surface area contributed by atoms with E-state index in [2.05, 4.69) is 47.6 Å². The van der Waals surface area contributed by atoms with Crippen molar-refractivity contribution in [2.75, 3.05) is 20.6 Å². The van der Waals surface area contributed by atoms with E-state index in [0.717, 1.165) is 10.5 Å². The Bertz CT molecular complexity index is 974. The minimum absolute atomic E-state index is 0.321. The number of likely N-dealkylation sites (N-methyl/N-ethyl adjacent to an activating group) is 1. The van der Waals surface area contributed by atoms with Crippen LogP contribution in [0.25, 0.3) is 0 Å². The van der Waals surface area contributed by atoms with Crippen molar-refractivity contribution in [2.24, 2.45) is 0 Å². The van der Waals surface area contributed by atoms with Gasteiger partial charge in [-0.15, -0.1) is 0 Å². The summed E-state index contributed by atoms with van der Waals surface area (Å²) in [6, 6.07) is 17.9. The summed E-state index contributed by atoms with van der Waals surface area (Å²) in [4.78, 5) is 3.36. The number of nitriles is 1. The van der Waals surface area contributed by atoms with E-state index in [1.807, 2.05) is 74.4 Å². The molecule has 2 aromatic rings. The highest BCUT2D eigenvalue weighted by Crippen LogP contribution is 2.47. The van der Waals surface area contributed by atoms with Crippen molar-refractivity contribution in [3.63, 3.8) is 0 Å². The zero-order chi connectivity index (χ0) is 25.0. The van der Waals surface area contributed by atoms with Crippen LogP contribution < -0.4 is 0 Å². The second kappa shape index (κ2) is 11.1. The SMILES string of the molecule is Cc1ccc([S@](=O)c2ccccc2[C@@](C#N)(CN(C)C)O[Si](C(C)C)(C(C)C)C(C)C)cc1. The fourth-order valence-electron chi connectivity index (χ4n) is 5.14. The largest absolute Gasteiger partial charge is 0.394 e. The molecule has 0 fully saturated rings. The van der Waals surface area contributed by atoms with Crippen LogP contribution in [0.5, 0.6) is 0 Å². The number of rotatable bonds is 10. The number of hydrogen-bond donors (Lipinski definition) is 0. The van der Waals surface area contributed by atoms with E-state index in [-0.39, 0.29) is 0 Å². The highest BCUT2D eigenvalue weighted by molar-refractivity contribution is 7.85. The Kier molecular flexibility index (Phi) is 9.23. The average molecular weight is 485 g/mol. The highest BCUT2D eigenvalue weighted by atomic mass is 32.2. The second-order valence-electron chi connectivity index (χ2n) is 10.2. The van der Waals surface area contributed by atoms with Gasteiger partial charge in [0.05, 0.1) is 15.7 Å². The van der Waals surface area contributed by atoms with Crippen LogP contribution in [0.4, 0.5) is 0 Å². The van der Waals surface area contributed by atoms with Gasteiger partial charge in [0, 0.05) is 17.0 Å². The lowest BCUT2D eigenvalue weighted by atomic mass is 9.95. The van der Waals surface area contributed by atoms with Crippen molar-refractivity contribution in [1.82, 2.24) is 4.90 Å². The Hall–Kier alpha value is -1.78. The van der Waals surface area contributed by atoms with Crippen LogP contribution in [0.2, 0.25) is 16.6 Å². The first-order valence-corrected chi connectivity index (χ1v) is 15.0. The van der Waals surface area contributed by atoms with Crippen molar-refractivity contribution in [3.8, 4) is 6.07 Å². The van der Waals surface area contributed by atoms with Gasteiger partial charge in [-0.1, -0.05) is 77.4 Å². The molecule has 33 heavy (non-hydrogen) atoms. The summed E-state index contributed by atoms with van der Waals surface area (Å²) in [5.41, 5.74) is 1.57. The summed E-state index contributed by atoms with van der Waals surface area (Å²) < 4.78 is 20.9. The third kappa shape index (κ3) is 5.66. The predicted octanol–water partition coefficient (Wildman–Crippen LogP) is 6.63. The lowest BCUT2D eigenvalue weighted by Crippen LogP contribution is -2.55. The van der Waals surface area contributed by atoms with Crippen LogP contribution in [0.3, 0.4) is 0 Å². The van der Waals surface area contributed by atoms with E-state index in [0.29, 0.717) is 33.6 Å². The van der Waals surface area contributed by atoms with Crippen LogP contribution in [-0.2, 0) is 20.8 Å². The molecule has 0 spiro atoms. The molecule has 2 rings (SSSR count). The maximum atomic E-state index is 13.7. The molecule has 4 nitrogen and oxygen atoms in total. The van der Waals surface area contributed by atoms with Crippen LogP contribution in [0.15, 0.2) is 58.3 Å². The van der Waals surface area contributed by atoms with Crippen molar-refractivity contribution in [3.05, 3.63) is 59.7 Å². The van der Waals surface area contributed by atoms with Crippen LogP contribution in [-0.4, -0.2) is 38.1 Å². The molecule has 0 aliphatic rings. The fraction of sp³-hybridized carbons (Fsp3) is 0.519. The minimum atomic E-state index is -2.43. The molecule has 0 heterocycles. The Morgan fingerprint density at radius 3 is 1.94 bits per heavy atom. The van der Waals surface area contributed by atoms with Gasteiger partial charge in [-0.2, -0.15) is 5.26 Å². The zero-order valence-corrected chi connectivity index (χ0v) is 23.5. The van der Waals surface area contributed by atoms with Crippen LogP contribution in [0.1, 0.15) is 52.7 Å². The van der Waals surface area contributed by atoms with Gasteiger partial charge in [0.2, 0.25) is 8.32 Å². The smallest absolute Gasteiger partial charge is 0.203 e. The molecule has 0 aromatic heterocycles. The standard InChI is InChI=1S/C27H40N2O2SSi/c1-20(2)33(21(3)4,22(5)6)31-27(18-28,19-29(8)9)25-12-10-11-13-26(25)32(30)24-16-14-23(7)15-17-24/h10-17,20-22H,19H2,1-9H3/t27-,32+/m1/s1. The van der Waals surface area contributed by atoms with E-state index >= 15 is 0 Å². The lowest BCUT2D eigenvalue weighted by Gasteiger charge is -2.48. The molecular formula is C27H40N2O2SSi. The first-order valence-electron chi connectivity index (χ1n) is 11.7. The van der Waals surface area contributed by atoms with Crippen molar-refractivity contribution < 1.29 is 8.63 Å². The second-order valence-corrected chi connectivity index (χ2v) is 17.0. The molecule has 0 aliphatic heterocycles. The number of aryl methyl sites for hydroxylation is 1. The van der Waals surface area contributed by atoms with Crippen molar-refractivity contribution in [2.45, 2.75) is 80.5 Å². The van der Waals surface area contributed by atoms with Crippen molar-refractivity contribution in [1.29, 1.82) is 5.26 Å². The predicted molar refractivity (Wildman–Crippen MR) is 140 cm³/mol. The number of nitrogens with zero attached hydrogens (tertiary/aromatic N) is 2. The third-order valence-corrected chi connectivity index (χ3v) is 14.1. The molecule has 0 saturated heterocycles. The van der Waals surface area contributed by atoms with Crippen LogP contribution in [0, 0.1) is 18.3 Å².